The smallest absolute Gasteiger partial charge is 0.311 e. The molecular formula is C21H20BrClN2O4. The lowest BCUT2D eigenvalue weighted by molar-refractivity contribution is -0.151. The molecule has 0 aliphatic carbocycles. The van der Waals surface area contributed by atoms with Gasteiger partial charge in [-0.05, 0) is 55.3 Å². The van der Waals surface area contributed by atoms with Gasteiger partial charge < -0.3 is 15.0 Å². The Bertz CT molecular complexity index is 979. The highest BCUT2D eigenvalue weighted by atomic mass is 79.9. The van der Waals surface area contributed by atoms with Gasteiger partial charge in [0.25, 0.3) is 5.91 Å². The van der Waals surface area contributed by atoms with Crippen LogP contribution in [0.3, 0.4) is 0 Å². The van der Waals surface area contributed by atoms with Crippen LogP contribution >= 0.6 is 27.5 Å². The van der Waals surface area contributed by atoms with Crippen LogP contribution in [0.4, 0.5) is 11.4 Å². The monoisotopic (exact) mass is 478 g/mol. The Morgan fingerprint density at radius 1 is 1.21 bits per heavy atom. The second kappa shape index (κ2) is 8.97. The van der Waals surface area contributed by atoms with Crippen molar-refractivity contribution in [2.24, 2.45) is 5.92 Å². The third-order valence-electron chi connectivity index (χ3n) is 4.73. The highest BCUT2D eigenvalue weighted by molar-refractivity contribution is 9.10. The molecule has 1 heterocycles. The first-order chi connectivity index (χ1) is 13.7. The summed E-state index contributed by atoms with van der Waals surface area (Å²) in [5.41, 5.74) is 3.08. The van der Waals surface area contributed by atoms with E-state index in [1.54, 1.807) is 18.2 Å². The molecule has 0 unspecified atom stereocenters. The van der Waals surface area contributed by atoms with Crippen molar-refractivity contribution >= 4 is 56.7 Å². The maximum Gasteiger partial charge on any atom is 0.311 e. The average molecular weight is 480 g/mol. The highest BCUT2D eigenvalue weighted by Gasteiger charge is 2.36. The predicted molar refractivity (Wildman–Crippen MR) is 115 cm³/mol. The largest absolute Gasteiger partial charge is 0.455 e. The van der Waals surface area contributed by atoms with Gasteiger partial charge in [0, 0.05) is 33.8 Å². The van der Waals surface area contributed by atoms with E-state index in [0.717, 1.165) is 15.6 Å². The fourth-order valence-corrected chi connectivity index (χ4v) is 3.72. The number of ether oxygens (including phenoxy) is 1. The summed E-state index contributed by atoms with van der Waals surface area (Å²) in [5, 5.41) is 3.27. The maximum atomic E-state index is 12.3. The SMILES string of the molecule is Cc1ccc(N2C[C@@H](C(=O)OCC(=O)Nc3ccc(Br)cc3C)CC2=O)cc1Cl. The fourth-order valence-electron chi connectivity index (χ4n) is 3.07. The first kappa shape index (κ1) is 21.3. The minimum absolute atomic E-state index is 0.0395. The third kappa shape index (κ3) is 5.16. The summed E-state index contributed by atoms with van der Waals surface area (Å²) in [7, 11) is 0. The lowest BCUT2D eigenvalue weighted by Gasteiger charge is -2.17. The van der Waals surface area contributed by atoms with E-state index in [-0.39, 0.29) is 18.9 Å². The minimum Gasteiger partial charge on any atom is -0.455 e. The molecule has 2 aromatic carbocycles. The number of esters is 1. The molecule has 0 spiro atoms. The molecule has 152 valence electrons. The van der Waals surface area contributed by atoms with Gasteiger partial charge in [-0.15, -0.1) is 0 Å². The molecule has 1 saturated heterocycles. The number of halogens is 2. The van der Waals surface area contributed by atoms with Gasteiger partial charge in [-0.25, -0.2) is 0 Å². The Morgan fingerprint density at radius 3 is 2.66 bits per heavy atom. The van der Waals surface area contributed by atoms with Crippen molar-refractivity contribution in [3.63, 3.8) is 0 Å². The van der Waals surface area contributed by atoms with E-state index in [2.05, 4.69) is 21.2 Å². The minimum atomic E-state index is -0.621. The molecule has 1 N–H and O–H groups in total. The third-order valence-corrected chi connectivity index (χ3v) is 5.63. The quantitative estimate of drug-likeness (QED) is 0.651. The zero-order valence-electron chi connectivity index (χ0n) is 16.0. The van der Waals surface area contributed by atoms with Crippen molar-refractivity contribution in [1.82, 2.24) is 0 Å². The van der Waals surface area contributed by atoms with Crippen molar-refractivity contribution < 1.29 is 19.1 Å². The standard InChI is InChI=1S/C21H20BrClN2O4/c1-12-3-5-16(9-17(12)23)25-10-14(8-20(25)27)21(28)29-11-19(26)24-18-6-4-15(22)7-13(18)2/h3-7,9,14H,8,10-11H2,1-2H3,(H,24,26)/t14-/m0/s1. The zero-order valence-corrected chi connectivity index (χ0v) is 18.3. The topological polar surface area (TPSA) is 75.7 Å². The van der Waals surface area contributed by atoms with E-state index < -0.39 is 24.4 Å². The van der Waals surface area contributed by atoms with Crippen LogP contribution in [-0.4, -0.2) is 30.9 Å². The van der Waals surface area contributed by atoms with E-state index in [1.165, 1.54) is 4.90 Å². The number of nitrogens with one attached hydrogen (secondary N) is 1. The van der Waals surface area contributed by atoms with Crippen molar-refractivity contribution in [2.45, 2.75) is 20.3 Å². The van der Waals surface area contributed by atoms with Crippen LogP contribution in [0.5, 0.6) is 0 Å². The molecule has 3 rings (SSSR count). The molecule has 1 aliphatic heterocycles. The molecule has 0 bridgehead atoms. The van der Waals surface area contributed by atoms with Gasteiger partial charge in [-0.1, -0.05) is 33.6 Å². The normalized spacial score (nSPS) is 16.1. The second-order valence-electron chi connectivity index (χ2n) is 6.95. The Hall–Kier alpha value is -2.38. The van der Waals surface area contributed by atoms with Gasteiger partial charge in [0.15, 0.2) is 6.61 Å². The van der Waals surface area contributed by atoms with Crippen molar-refractivity contribution in [3.8, 4) is 0 Å². The van der Waals surface area contributed by atoms with E-state index in [0.29, 0.717) is 16.4 Å². The Kier molecular flexibility index (Phi) is 6.59. The first-order valence-electron chi connectivity index (χ1n) is 9.03. The van der Waals surface area contributed by atoms with Crippen LogP contribution < -0.4 is 10.2 Å². The van der Waals surface area contributed by atoms with E-state index in [1.807, 2.05) is 32.0 Å². The summed E-state index contributed by atoms with van der Waals surface area (Å²) in [6.07, 6.45) is 0.0395. The van der Waals surface area contributed by atoms with Gasteiger partial charge in [0.2, 0.25) is 5.91 Å². The molecule has 0 radical (unpaired) electrons. The van der Waals surface area contributed by atoms with E-state index >= 15 is 0 Å². The molecule has 8 heteroatoms. The van der Waals surface area contributed by atoms with Gasteiger partial charge in [-0.3, -0.25) is 14.4 Å². The number of amides is 2. The lowest BCUT2D eigenvalue weighted by atomic mass is 10.1. The van der Waals surface area contributed by atoms with Crippen LogP contribution in [0.25, 0.3) is 0 Å². The van der Waals surface area contributed by atoms with E-state index in [9.17, 15) is 14.4 Å². The Labute approximate surface area is 182 Å². The van der Waals surface area contributed by atoms with Gasteiger partial charge >= 0.3 is 5.97 Å². The summed E-state index contributed by atoms with van der Waals surface area (Å²) in [5.74, 6) is -1.80. The van der Waals surface area contributed by atoms with Gasteiger partial charge in [0.1, 0.15) is 0 Å². The maximum absolute atomic E-state index is 12.3. The number of carbonyl (C=O) groups excluding carboxylic acids is 3. The van der Waals surface area contributed by atoms with Crippen LogP contribution in [-0.2, 0) is 19.1 Å². The number of aryl methyl sites for hydroxylation is 2. The van der Waals surface area contributed by atoms with Crippen LogP contribution in [0.2, 0.25) is 5.02 Å². The molecule has 6 nitrogen and oxygen atoms in total. The Balaban J connectivity index is 1.55. The summed E-state index contributed by atoms with van der Waals surface area (Å²) >= 11 is 9.50. The second-order valence-corrected chi connectivity index (χ2v) is 8.28. The lowest BCUT2D eigenvalue weighted by Crippen LogP contribution is -2.28. The summed E-state index contributed by atoms with van der Waals surface area (Å²) in [6.45, 7) is 3.53. The summed E-state index contributed by atoms with van der Waals surface area (Å²) in [6, 6.07) is 10.8. The van der Waals surface area contributed by atoms with Gasteiger partial charge in [-0.2, -0.15) is 0 Å². The predicted octanol–water partition coefficient (Wildman–Crippen LogP) is 4.25. The van der Waals surface area contributed by atoms with Crippen LogP contribution in [0.1, 0.15) is 17.5 Å². The molecule has 1 atom stereocenters. The molecule has 0 aromatic heterocycles. The van der Waals surface area contributed by atoms with E-state index in [4.69, 9.17) is 16.3 Å². The number of hydrogen-bond acceptors (Lipinski definition) is 4. The molecule has 1 fully saturated rings. The molecular weight excluding hydrogens is 460 g/mol. The molecule has 0 saturated carbocycles. The number of benzene rings is 2. The highest BCUT2D eigenvalue weighted by Crippen LogP contribution is 2.29. The van der Waals surface area contributed by atoms with Crippen molar-refractivity contribution in [2.75, 3.05) is 23.4 Å². The summed E-state index contributed by atoms with van der Waals surface area (Å²) in [4.78, 5) is 38.3. The number of hydrogen-bond donors (Lipinski definition) is 1. The van der Waals surface area contributed by atoms with Crippen molar-refractivity contribution in [3.05, 3.63) is 57.0 Å². The summed E-state index contributed by atoms with van der Waals surface area (Å²) < 4.78 is 6.04. The van der Waals surface area contributed by atoms with Crippen molar-refractivity contribution in [1.29, 1.82) is 0 Å². The Morgan fingerprint density at radius 2 is 1.97 bits per heavy atom. The molecule has 1 aliphatic rings. The molecule has 29 heavy (non-hydrogen) atoms. The zero-order chi connectivity index (χ0) is 21.1. The number of rotatable bonds is 5. The first-order valence-corrected chi connectivity index (χ1v) is 10.2. The number of carbonyl (C=O) groups is 3. The molecule has 2 aromatic rings. The van der Waals surface area contributed by atoms with Crippen LogP contribution in [0, 0.1) is 19.8 Å². The molecule has 2 amide bonds. The van der Waals surface area contributed by atoms with Gasteiger partial charge in [0.05, 0.1) is 5.92 Å². The fraction of sp³-hybridized carbons (Fsp3) is 0.286. The van der Waals surface area contributed by atoms with Crippen LogP contribution in [0.15, 0.2) is 40.9 Å². The average Bonchev–Trinajstić information content (AvgIpc) is 3.06. The number of nitrogens with zero attached hydrogens (tertiary/aromatic N) is 1. The number of anilines is 2.